The molecule has 0 aromatic heterocycles. The summed E-state index contributed by atoms with van der Waals surface area (Å²) in [5, 5.41) is 1.43. The van der Waals surface area contributed by atoms with Gasteiger partial charge < -0.3 is 0 Å². The van der Waals surface area contributed by atoms with Crippen molar-refractivity contribution in [2.24, 2.45) is 15.8 Å². The summed E-state index contributed by atoms with van der Waals surface area (Å²) >= 11 is 3.45. The summed E-state index contributed by atoms with van der Waals surface area (Å²) in [6.07, 6.45) is 0. The first kappa shape index (κ1) is 14.9. The van der Waals surface area contributed by atoms with E-state index < -0.39 is 0 Å². The smallest absolute Gasteiger partial charge is 0.140 e. The zero-order valence-corrected chi connectivity index (χ0v) is 13.5. The van der Waals surface area contributed by atoms with Crippen LogP contribution >= 0.6 is 15.9 Å². The fourth-order valence-corrected chi connectivity index (χ4v) is 2.64. The lowest BCUT2D eigenvalue weighted by Gasteiger charge is -2.12. The van der Waals surface area contributed by atoms with E-state index in [9.17, 15) is 4.39 Å². The van der Waals surface area contributed by atoms with Gasteiger partial charge >= 0.3 is 0 Å². The second-order valence-corrected chi connectivity index (χ2v) is 5.86. The third-order valence-corrected chi connectivity index (χ3v) is 3.87. The molecule has 0 unspecified atom stereocenters. The molecule has 3 rings (SSSR count). The molecule has 2 aromatic rings. The molecule has 2 aromatic carbocycles. The Morgan fingerprint density at radius 1 is 1.18 bits per heavy atom. The SMILES string of the molecule is CN(N)C1=Nc2ccc(Br)cc2C(c2ccccc2F)=NC1. The summed E-state index contributed by atoms with van der Waals surface area (Å²) in [6.45, 7) is 0.295. The van der Waals surface area contributed by atoms with Crippen LogP contribution in [-0.4, -0.2) is 30.1 Å². The molecule has 0 fully saturated rings. The van der Waals surface area contributed by atoms with Gasteiger partial charge in [0.2, 0.25) is 0 Å². The number of amidine groups is 1. The molecule has 4 nitrogen and oxygen atoms in total. The van der Waals surface area contributed by atoms with Gasteiger partial charge in [-0.2, -0.15) is 0 Å². The van der Waals surface area contributed by atoms with Crippen LogP contribution in [0.4, 0.5) is 10.1 Å². The molecule has 2 N–H and O–H groups in total. The minimum absolute atomic E-state index is 0.295. The Kier molecular flexibility index (Phi) is 4.04. The van der Waals surface area contributed by atoms with Crippen LogP contribution in [0.2, 0.25) is 0 Å². The van der Waals surface area contributed by atoms with E-state index in [2.05, 4.69) is 25.9 Å². The molecule has 22 heavy (non-hydrogen) atoms. The van der Waals surface area contributed by atoms with Crippen molar-refractivity contribution in [3.05, 3.63) is 63.9 Å². The lowest BCUT2D eigenvalue weighted by Crippen LogP contribution is -2.34. The zero-order chi connectivity index (χ0) is 15.7. The van der Waals surface area contributed by atoms with Crippen LogP contribution in [0.3, 0.4) is 0 Å². The Bertz CT molecular complexity index is 783. The molecule has 0 saturated carbocycles. The highest BCUT2D eigenvalue weighted by molar-refractivity contribution is 9.10. The predicted octanol–water partition coefficient (Wildman–Crippen LogP) is 3.27. The van der Waals surface area contributed by atoms with Crippen LogP contribution in [-0.2, 0) is 0 Å². The first-order chi connectivity index (χ1) is 10.6. The highest BCUT2D eigenvalue weighted by Gasteiger charge is 2.19. The number of hydrogen-bond donors (Lipinski definition) is 1. The van der Waals surface area contributed by atoms with Gasteiger partial charge in [0, 0.05) is 22.6 Å². The number of rotatable bonds is 1. The van der Waals surface area contributed by atoms with Crippen molar-refractivity contribution >= 4 is 33.2 Å². The summed E-state index contributed by atoms with van der Waals surface area (Å²) < 4.78 is 15.1. The van der Waals surface area contributed by atoms with Crippen LogP contribution in [0.25, 0.3) is 0 Å². The molecule has 0 spiro atoms. The van der Waals surface area contributed by atoms with Crippen LogP contribution in [0, 0.1) is 5.82 Å². The molecule has 0 atom stereocenters. The van der Waals surface area contributed by atoms with Gasteiger partial charge in [-0.25, -0.2) is 15.2 Å². The van der Waals surface area contributed by atoms with E-state index in [0.29, 0.717) is 23.7 Å². The number of halogens is 2. The lowest BCUT2D eigenvalue weighted by molar-refractivity contribution is 0.531. The number of nitrogens with zero attached hydrogens (tertiary/aromatic N) is 3. The van der Waals surface area contributed by atoms with Gasteiger partial charge in [0.15, 0.2) is 0 Å². The van der Waals surface area contributed by atoms with Crippen LogP contribution in [0.5, 0.6) is 0 Å². The molecule has 0 saturated heterocycles. The van der Waals surface area contributed by atoms with Gasteiger partial charge in [-0.15, -0.1) is 0 Å². The van der Waals surface area contributed by atoms with Gasteiger partial charge in [-0.05, 0) is 30.3 Å². The first-order valence-corrected chi connectivity index (χ1v) is 7.51. The van der Waals surface area contributed by atoms with Crippen molar-refractivity contribution in [3.8, 4) is 0 Å². The number of aliphatic imine (C=N–C) groups is 2. The third kappa shape index (κ3) is 2.80. The molecule has 112 valence electrons. The summed E-state index contributed by atoms with van der Waals surface area (Å²) in [7, 11) is 1.71. The number of fused-ring (bicyclic) bond motifs is 1. The van der Waals surface area contributed by atoms with Crippen molar-refractivity contribution < 1.29 is 4.39 Å². The number of hydrazine groups is 1. The topological polar surface area (TPSA) is 54.0 Å². The maximum atomic E-state index is 14.2. The van der Waals surface area contributed by atoms with Gasteiger partial charge in [0.05, 0.1) is 17.9 Å². The van der Waals surface area contributed by atoms with Crippen molar-refractivity contribution in [1.82, 2.24) is 5.01 Å². The molecule has 0 aliphatic carbocycles. The van der Waals surface area contributed by atoms with E-state index in [-0.39, 0.29) is 5.82 Å². The fourth-order valence-electron chi connectivity index (χ4n) is 2.28. The van der Waals surface area contributed by atoms with Crippen molar-refractivity contribution in [2.45, 2.75) is 0 Å². The second kappa shape index (κ2) is 5.98. The average molecular weight is 361 g/mol. The normalized spacial score (nSPS) is 13.8. The van der Waals surface area contributed by atoms with Crippen LogP contribution < -0.4 is 5.84 Å². The van der Waals surface area contributed by atoms with E-state index in [4.69, 9.17) is 5.84 Å². The van der Waals surface area contributed by atoms with Crippen molar-refractivity contribution in [2.75, 3.05) is 13.6 Å². The molecule has 0 bridgehead atoms. The summed E-state index contributed by atoms with van der Waals surface area (Å²) in [5.41, 5.74) is 2.53. The Labute approximate surface area is 136 Å². The lowest BCUT2D eigenvalue weighted by atomic mass is 10.0. The van der Waals surface area contributed by atoms with Crippen LogP contribution in [0.15, 0.2) is 56.9 Å². The molecule has 1 heterocycles. The Morgan fingerprint density at radius 3 is 2.68 bits per heavy atom. The molecule has 6 heteroatoms. The highest BCUT2D eigenvalue weighted by atomic mass is 79.9. The molecule has 1 aliphatic rings. The average Bonchev–Trinajstić information content (AvgIpc) is 2.67. The van der Waals surface area contributed by atoms with Gasteiger partial charge in [0.1, 0.15) is 11.7 Å². The number of hydrogen-bond acceptors (Lipinski definition) is 4. The fraction of sp³-hybridized carbons (Fsp3) is 0.125. The highest BCUT2D eigenvalue weighted by Crippen LogP contribution is 2.29. The zero-order valence-electron chi connectivity index (χ0n) is 11.9. The van der Waals surface area contributed by atoms with Crippen molar-refractivity contribution in [3.63, 3.8) is 0 Å². The largest absolute Gasteiger partial charge is 0.300 e. The minimum Gasteiger partial charge on any atom is -0.300 e. The number of likely N-dealkylation sites (N-methyl/N-ethyl adjacent to an activating group) is 1. The quantitative estimate of drug-likeness (QED) is 0.626. The Morgan fingerprint density at radius 2 is 1.95 bits per heavy atom. The van der Waals surface area contributed by atoms with E-state index in [1.54, 1.807) is 25.2 Å². The Hall–Kier alpha value is -2.05. The number of nitrogens with two attached hydrogens (primary N) is 1. The third-order valence-electron chi connectivity index (χ3n) is 3.38. The molecular formula is C16H14BrFN4. The van der Waals surface area contributed by atoms with Gasteiger partial charge in [0.25, 0.3) is 0 Å². The monoisotopic (exact) mass is 360 g/mol. The predicted molar refractivity (Wildman–Crippen MR) is 90.1 cm³/mol. The first-order valence-electron chi connectivity index (χ1n) is 6.71. The van der Waals surface area contributed by atoms with Gasteiger partial charge in [-0.3, -0.25) is 10.0 Å². The Balaban J connectivity index is 2.22. The summed E-state index contributed by atoms with van der Waals surface area (Å²) in [6, 6.07) is 12.2. The van der Waals surface area contributed by atoms with E-state index in [1.165, 1.54) is 11.1 Å². The molecular weight excluding hydrogens is 347 g/mol. The number of benzene rings is 2. The maximum absolute atomic E-state index is 14.2. The maximum Gasteiger partial charge on any atom is 0.140 e. The van der Waals surface area contributed by atoms with Crippen LogP contribution in [0.1, 0.15) is 11.1 Å². The molecule has 1 aliphatic heterocycles. The molecule has 0 radical (unpaired) electrons. The van der Waals surface area contributed by atoms with E-state index in [1.807, 2.05) is 18.2 Å². The minimum atomic E-state index is -0.309. The summed E-state index contributed by atoms with van der Waals surface area (Å²) in [4.78, 5) is 9.09. The standard InChI is InChI=1S/C16H14BrFN4/c1-22(19)15-9-20-16(11-4-2-3-5-13(11)18)12-8-10(17)6-7-14(12)21-15/h2-8H,9,19H2,1H3. The second-order valence-electron chi connectivity index (χ2n) is 4.95. The van der Waals surface area contributed by atoms with E-state index >= 15 is 0 Å². The van der Waals surface area contributed by atoms with E-state index in [0.717, 1.165) is 15.7 Å². The van der Waals surface area contributed by atoms with Gasteiger partial charge in [-0.1, -0.05) is 28.1 Å². The molecule has 0 amide bonds. The van der Waals surface area contributed by atoms with Crippen molar-refractivity contribution in [1.29, 1.82) is 0 Å². The summed E-state index contributed by atoms with van der Waals surface area (Å²) in [5.74, 6) is 6.10.